The van der Waals surface area contributed by atoms with Crippen LogP contribution >= 0.6 is 11.5 Å². The fourth-order valence-corrected chi connectivity index (χ4v) is 3.34. The van der Waals surface area contributed by atoms with Gasteiger partial charge in [0.1, 0.15) is 5.82 Å². The molecule has 0 aromatic carbocycles. The highest BCUT2D eigenvalue weighted by atomic mass is 32.1. The monoisotopic (exact) mass is 343 g/mol. The van der Waals surface area contributed by atoms with Crippen LogP contribution in [0, 0.1) is 6.92 Å². The van der Waals surface area contributed by atoms with Crippen molar-refractivity contribution in [1.82, 2.24) is 29.3 Å². The second-order valence-electron chi connectivity index (χ2n) is 5.71. The minimum absolute atomic E-state index is 0.0401. The smallest absolute Gasteiger partial charge is 0.275 e. The minimum atomic E-state index is -0.0401. The molecule has 4 heterocycles. The molecule has 3 aromatic rings. The first-order valence-electron chi connectivity index (χ1n) is 7.73. The van der Waals surface area contributed by atoms with Gasteiger partial charge in [-0.05, 0) is 30.6 Å². The summed E-state index contributed by atoms with van der Waals surface area (Å²) in [5.41, 5.74) is 1.46. The number of carbonyl (C=O) groups excluding carboxylic acids is 1. The highest BCUT2D eigenvalue weighted by Gasteiger charge is 2.25. The van der Waals surface area contributed by atoms with E-state index in [0.717, 1.165) is 30.4 Å². The Kier molecular flexibility index (Phi) is 3.77. The van der Waals surface area contributed by atoms with Crippen molar-refractivity contribution in [2.45, 2.75) is 6.92 Å². The summed E-state index contributed by atoms with van der Waals surface area (Å²) >= 11 is 1.20. The van der Waals surface area contributed by atoms with Crippen molar-refractivity contribution < 1.29 is 4.79 Å². The molecule has 8 nitrogen and oxygen atoms in total. The van der Waals surface area contributed by atoms with Crippen LogP contribution < -0.4 is 4.90 Å². The van der Waals surface area contributed by atoms with Gasteiger partial charge in [0.25, 0.3) is 5.91 Å². The lowest BCUT2D eigenvalue weighted by atomic mass is 10.3. The molecule has 0 radical (unpaired) electrons. The van der Waals surface area contributed by atoms with Gasteiger partial charge in [0, 0.05) is 49.5 Å². The first-order valence-corrected chi connectivity index (χ1v) is 8.57. The second-order valence-corrected chi connectivity index (χ2v) is 6.32. The average molecular weight is 343 g/mol. The molecule has 1 N–H and O–H groups in total. The van der Waals surface area contributed by atoms with Gasteiger partial charge in [0.15, 0.2) is 11.5 Å². The summed E-state index contributed by atoms with van der Waals surface area (Å²) < 4.78 is 5.82. The van der Waals surface area contributed by atoms with Gasteiger partial charge in [-0.2, -0.15) is 5.10 Å². The first-order chi connectivity index (χ1) is 11.7. The number of nitrogens with one attached hydrogen (secondary N) is 1. The summed E-state index contributed by atoms with van der Waals surface area (Å²) in [6, 6.07) is 6.10. The van der Waals surface area contributed by atoms with Gasteiger partial charge >= 0.3 is 0 Å². The SMILES string of the molecule is Cc1cc(-n2cccc2N2CCN(C(=O)c3csnn3)CC2)n[nH]1. The molecule has 0 atom stereocenters. The molecule has 4 rings (SSSR count). The summed E-state index contributed by atoms with van der Waals surface area (Å²) in [6.07, 6.45) is 2.00. The lowest BCUT2D eigenvalue weighted by molar-refractivity contribution is 0.0740. The molecule has 0 spiro atoms. The number of aromatic amines is 1. The molecule has 3 aromatic heterocycles. The van der Waals surface area contributed by atoms with Crippen LogP contribution in [-0.2, 0) is 0 Å². The van der Waals surface area contributed by atoms with Crippen molar-refractivity contribution >= 4 is 23.3 Å². The predicted octanol–water partition coefficient (Wildman–Crippen LogP) is 1.32. The molecular formula is C15H17N7OS. The maximum atomic E-state index is 12.3. The Balaban J connectivity index is 1.47. The molecule has 1 aliphatic heterocycles. The number of anilines is 1. The predicted molar refractivity (Wildman–Crippen MR) is 90.7 cm³/mol. The van der Waals surface area contributed by atoms with E-state index < -0.39 is 0 Å². The zero-order valence-electron chi connectivity index (χ0n) is 13.2. The zero-order valence-corrected chi connectivity index (χ0v) is 14.0. The molecule has 0 bridgehead atoms. The van der Waals surface area contributed by atoms with Crippen LogP contribution in [0.2, 0.25) is 0 Å². The van der Waals surface area contributed by atoms with E-state index in [2.05, 4.69) is 35.3 Å². The molecular weight excluding hydrogens is 326 g/mol. The van der Waals surface area contributed by atoms with Crippen molar-refractivity contribution in [2.75, 3.05) is 31.1 Å². The second kappa shape index (κ2) is 6.08. The van der Waals surface area contributed by atoms with Gasteiger partial charge in [-0.3, -0.25) is 14.5 Å². The number of aryl methyl sites for hydroxylation is 1. The largest absolute Gasteiger partial charge is 0.354 e. The zero-order chi connectivity index (χ0) is 16.5. The standard InChI is InChI=1S/C15H17N7OS/c1-11-9-13(18-16-11)22-4-2-3-14(22)20-5-7-21(8-6-20)15(23)12-10-24-19-17-12/h2-4,9-10H,5-8H2,1H3,(H,16,18). The molecule has 0 aliphatic carbocycles. The number of amides is 1. The van der Waals surface area contributed by atoms with Crippen LogP contribution in [0.3, 0.4) is 0 Å². The molecule has 124 valence electrons. The van der Waals surface area contributed by atoms with E-state index in [0.29, 0.717) is 18.8 Å². The van der Waals surface area contributed by atoms with E-state index in [-0.39, 0.29) is 5.91 Å². The fourth-order valence-electron chi connectivity index (χ4n) is 2.91. The maximum Gasteiger partial charge on any atom is 0.275 e. The van der Waals surface area contributed by atoms with Crippen LogP contribution in [0.15, 0.2) is 29.8 Å². The van der Waals surface area contributed by atoms with Crippen LogP contribution in [0.4, 0.5) is 5.82 Å². The molecule has 0 saturated carbocycles. The lowest BCUT2D eigenvalue weighted by Crippen LogP contribution is -2.49. The number of carbonyl (C=O) groups is 1. The van der Waals surface area contributed by atoms with Crippen molar-refractivity contribution in [2.24, 2.45) is 0 Å². The third-order valence-electron chi connectivity index (χ3n) is 4.14. The molecule has 0 unspecified atom stereocenters. The molecule has 1 fully saturated rings. The van der Waals surface area contributed by atoms with E-state index >= 15 is 0 Å². The van der Waals surface area contributed by atoms with Crippen LogP contribution in [0.5, 0.6) is 0 Å². The van der Waals surface area contributed by atoms with Gasteiger partial charge in [0.05, 0.1) is 0 Å². The van der Waals surface area contributed by atoms with Crippen molar-refractivity contribution in [3.63, 3.8) is 0 Å². The van der Waals surface area contributed by atoms with Crippen LogP contribution in [-0.4, -0.2) is 61.3 Å². The topological polar surface area (TPSA) is 82.9 Å². The maximum absolute atomic E-state index is 12.3. The summed E-state index contributed by atoms with van der Waals surface area (Å²) in [4.78, 5) is 16.4. The Hall–Kier alpha value is -2.68. The number of H-pyrrole nitrogens is 1. The quantitative estimate of drug-likeness (QED) is 0.775. The normalized spacial score (nSPS) is 15.0. The molecule has 1 saturated heterocycles. The van der Waals surface area contributed by atoms with Crippen molar-refractivity contribution in [3.8, 4) is 5.82 Å². The van der Waals surface area contributed by atoms with E-state index in [1.807, 2.05) is 30.2 Å². The highest BCUT2D eigenvalue weighted by Crippen LogP contribution is 2.22. The fraction of sp³-hybridized carbons (Fsp3) is 0.333. The average Bonchev–Trinajstić information content (AvgIpc) is 3.35. The van der Waals surface area contributed by atoms with Crippen molar-refractivity contribution in [3.05, 3.63) is 41.2 Å². The Morgan fingerprint density at radius 2 is 2.12 bits per heavy atom. The van der Waals surface area contributed by atoms with Crippen LogP contribution in [0.1, 0.15) is 16.2 Å². The lowest BCUT2D eigenvalue weighted by Gasteiger charge is -2.35. The van der Waals surface area contributed by atoms with E-state index in [1.54, 1.807) is 5.38 Å². The highest BCUT2D eigenvalue weighted by molar-refractivity contribution is 7.03. The molecule has 9 heteroatoms. The number of hydrogen-bond donors (Lipinski definition) is 1. The van der Waals surface area contributed by atoms with Crippen molar-refractivity contribution in [1.29, 1.82) is 0 Å². The molecule has 24 heavy (non-hydrogen) atoms. The first kappa shape index (κ1) is 14.9. The van der Waals surface area contributed by atoms with Crippen LogP contribution in [0.25, 0.3) is 5.82 Å². The molecule has 1 amide bonds. The summed E-state index contributed by atoms with van der Waals surface area (Å²) in [5, 5.41) is 12.9. The van der Waals surface area contributed by atoms with Gasteiger partial charge in [-0.1, -0.05) is 4.49 Å². The minimum Gasteiger partial charge on any atom is -0.354 e. The number of nitrogens with zero attached hydrogens (tertiary/aromatic N) is 6. The Morgan fingerprint density at radius 3 is 2.79 bits per heavy atom. The number of aromatic nitrogens is 5. The van der Waals surface area contributed by atoms with E-state index in [9.17, 15) is 4.79 Å². The van der Waals surface area contributed by atoms with E-state index in [1.165, 1.54) is 11.5 Å². The van der Waals surface area contributed by atoms with Gasteiger partial charge < -0.3 is 9.80 Å². The van der Waals surface area contributed by atoms with Gasteiger partial charge in [-0.25, -0.2) is 0 Å². The van der Waals surface area contributed by atoms with Gasteiger partial charge in [0.2, 0.25) is 0 Å². The van der Waals surface area contributed by atoms with E-state index in [4.69, 9.17) is 0 Å². The summed E-state index contributed by atoms with van der Waals surface area (Å²) in [5.74, 6) is 1.92. The number of piperazine rings is 1. The Labute approximate surface area is 142 Å². The summed E-state index contributed by atoms with van der Waals surface area (Å²) in [7, 11) is 0. The number of hydrogen-bond acceptors (Lipinski definition) is 6. The third kappa shape index (κ3) is 2.67. The Morgan fingerprint density at radius 1 is 1.29 bits per heavy atom. The third-order valence-corrected chi connectivity index (χ3v) is 4.64. The van der Waals surface area contributed by atoms with Gasteiger partial charge in [-0.15, -0.1) is 5.10 Å². The Bertz CT molecular complexity index is 830. The summed E-state index contributed by atoms with van der Waals surface area (Å²) in [6.45, 7) is 4.87. The molecule has 1 aliphatic rings. The number of rotatable bonds is 3.